The number of carbonyl (C=O) groups excluding carboxylic acids is 1. The van der Waals surface area contributed by atoms with E-state index in [-0.39, 0.29) is 48.5 Å². The third-order valence-corrected chi connectivity index (χ3v) is 5.66. The summed E-state index contributed by atoms with van der Waals surface area (Å²) in [6, 6.07) is 0. The summed E-state index contributed by atoms with van der Waals surface area (Å²) in [5.74, 6) is -0.610. The quantitative estimate of drug-likeness (QED) is 0.0898. The summed E-state index contributed by atoms with van der Waals surface area (Å²) in [5, 5.41) is 19.1. The van der Waals surface area contributed by atoms with Crippen molar-refractivity contribution < 1.29 is 62.1 Å². The third kappa shape index (κ3) is 12.5. The second-order valence-electron chi connectivity index (χ2n) is 7.49. The topological polar surface area (TPSA) is 121 Å². The van der Waals surface area contributed by atoms with Crippen LogP contribution in [0.25, 0.3) is 0 Å². The smallest absolute Gasteiger partial charge is 0.748 e. The number of allylic oxidation sites excluding steroid dienone is 2. The summed E-state index contributed by atoms with van der Waals surface area (Å²) in [7, 11) is -4.54. The fourth-order valence-electron chi connectivity index (χ4n) is 3.49. The molecule has 1 atom stereocenters. The number of hydrogen-bond acceptors (Lipinski definition) is 7. The molecule has 1 aliphatic rings. The van der Waals surface area contributed by atoms with Gasteiger partial charge in [-0.3, -0.25) is 14.3 Å². The van der Waals surface area contributed by atoms with E-state index in [1.165, 1.54) is 25.7 Å². The van der Waals surface area contributed by atoms with Gasteiger partial charge in [-0.25, -0.2) is 8.42 Å². The Morgan fingerprint density at radius 1 is 1.23 bits per heavy atom. The van der Waals surface area contributed by atoms with Crippen LogP contribution in [0.5, 0.6) is 0 Å². The van der Waals surface area contributed by atoms with Crippen molar-refractivity contribution in [3.8, 4) is 0 Å². The van der Waals surface area contributed by atoms with Crippen LogP contribution in [0.2, 0.25) is 0 Å². The van der Waals surface area contributed by atoms with Crippen LogP contribution in [-0.4, -0.2) is 88.9 Å². The van der Waals surface area contributed by atoms with Gasteiger partial charge in [0, 0.05) is 6.42 Å². The average molecular weight is 456 g/mol. The van der Waals surface area contributed by atoms with Crippen LogP contribution < -0.4 is 29.6 Å². The molecule has 0 radical (unpaired) electrons. The molecule has 1 heterocycles. The first-order valence-electron chi connectivity index (χ1n) is 10.6. The Labute approximate surface area is 203 Å². The molecule has 10 heteroatoms. The van der Waals surface area contributed by atoms with E-state index in [1.54, 1.807) is 9.48 Å². The fourth-order valence-corrected chi connectivity index (χ4v) is 4.07. The van der Waals surface area contributed by atoms with Gasteiger partial charge < -0.3 is 14.8 Å². The molecular formula is C20H36N2NaO6S+. The normalized spacial score (nSPS) is 15.7. The van der Waals surface area contributed by atoms with Crippen molar-refractivity contribution in [2.75, 3.05) is 38.5 Å². The van der Waals surface area contributed by atoms with E-state index >= 15 is 0 Å². The molecular weight excluding hydrogens is 419 g/mol. The average Bonchev–Trinajstić information content (AvgIpc) is 3.01. The monoisotopic (exact) mass is 455 g/mol. The number of rotatable bonds is 16. The molecule has 1 aliphatic heterocycles. The minimum absolute atomic E-state index is 0. The number of unbranched alkanes of at least 4 members (excludes halogenated alkanes) is 5. The van der Waals surface area contributed by atoms with Crippen molar-refractivity contribution in [1.82, 2.24) is 4.90 Å². The zero-order valence-corrected chi connectivity index (χ0v) is 21.3. The van der Waals surface area contributed by atoms with E-state index in [0.29, 0.717) is 38.3 Å². The second kappa shape index (κ2) is 16.4. The summed E-state index contributed by atoms with van der Waals surface area (Å²) >= 11 is 0. The maximum absolute atomic E-state index is 12.7. The van der Waals surface area contributed by atoms with Crippen molar-refractivity contribution >= 4 is 21.7 Å². The number of ketones is 1. The van der Waals surface area contributed by atoms with Gasteiger partial charge in [-0.15, -0.1) is 0 Å². The summed E-state index contributed by atoms with van der Waals surface area (Å²) in [6.07, 6.45) is 10.8. The van der Waals surface area contributed by atoms with Gasteiger partial charge >= 0.3 is 35.4 Å². The molecule has 1 rings (SSSR count). The predicted molar refractivity (Wildman–Crippen MR) is 111 cm³/mol. The molecule has 0 amide bonds. The molecule has 30 heavy (non-hydrogen) atoms. The molecule has 168 valence electrons. The Balaban J connectivity index is 0.00000841. The Morgan fingerprint density at radius 2 is 1.90 bits per heavy atom. The van der Waals surface area contributed by atoms with Crippen LogP contribution in [0.4, 0.5) is 0 Å². The van der Waals surface area contributed by atoms with E-state index in [4.69, 9.17) is 0 Å². The maximum Gasteiger partial charge on any atom is 1.00 e. The largest absolute Gasteiger partial charge is 1.00 e. The number of aliphatic hydroxyl groups excluding tert-OH is 2. The van der Waals surface area contributed by atoms with Crippen LogP contribution in [-0.2, 0) is 14.9 Å². The number of aliphatic hydroxyl groups is 2. The number of amidine groups is 1. The standard InChI is InChI=1S/C20H36N2O6S.Na/c1-2-3-4-5-6-7-8-9-10-11-19(25)20-21(14-15-23)12-13-22(20)16-18(24)17-29(26,27)28;/h8-9,18,23-24H,2-7,10-17H2,1H3;/q;+1/b9-8+;. The molecule has 0 saturated heterocycles. The Bertz CT molecular complexity index is 666. The Morgan fingerprint density at radius 3 is 2.53 bits per heavy atom. The maximum atomic E-state index is 12.7. The Kier molecular flexibility index (Phi) is 16.2. The molecule has 0 spiro atoms. The van der Waals surface area contributed by atoms with Crippen molar-refractivity contribution in [2.24, 2.45) is 0 Å². The minimum Gasteiger partial charge on any atom is -0.748 e. The minimum atomic E-state index is -4.54. The molecule has 0 aromatic carbocycles. The second-order valence-corrected chi connectivity index (χ2v) is 8.94. The van der Waals surface area contributed by atoms with E-state index < -0.39 is 22.0 Å². The molecule has 0 bridgehead atoms. The number of β-amino-alcohol motifs (C(OH)–C–C–N with tert-alkyl or cyclic N) is 2. The molecule has 2 N–H and O–H groups in total. The zero-order valence-electron chi connectivity index (χ0n) is 18.5. The molecule has 0 saturated carbocycles. The van der Waals surface area contributed by atoms with Crippen LogP contribution >= 0.6 is 0 Å². The van der Waals surface area contributed by atoms with Crippen LogP contribution in [0.3, 0.4) is 0 Å². The molecule has 0 aromatic rings. The molecule has 0 aliphatic carbocycles. The molecule has 0 fully saturated rings. The summed E-state index contributed by atoms with van der Waals surface area (Å²) in [5.41, 5.74) is 0. The van der Waals surface area contributed by atoms with Gasteiger partial charge in [0.25, 0.3) is 0 Å². The summed E-state index contributed by atoms with van der Waals surface area (Å²) in [4.78, 5) is 14.5. The third-order valence-electron chi connectivity index (χ3n) is 4.86. The van der Waals surface area contributed by atoms with E-state index in [0.717, 1.165) is 12.8 Å². The van der Waals surface area contributed by atoms with Gasteiger partial charge in [-0.05, 0) is 19.3 Å². The van der Waals surface area contributed by atoms with Gasteiger partial charge in [0.2, 0.25) is 5.78 Å². The SMILES string of the molecule is CCCCCCC/C=C/CCC(=O)C1=[N+](CC(O)CS(=O)(=O)[O-])CCN1CCO.[Na+]. The van der Waals surface area contributed by atoms with Crippen LogP contribution in [0.15, 0.2) is 12.2 Å². The van der Waals surface area contributed by atoms with Crippen molar-refractivity contribution in [3.63, 3.8) is 0 Å². The van der Waals surface area contributed by atoms with Crippen LogP contribution in [0.1, 0.15) is 58.3 Å². The number of carbonyl (C=O) groups is 1. The number of nitrogens with zero attached hydrogens (tertiary/aromatic N) is 2. The predicted octanol–water partition coefficient (Wildman–Crippen LogP) is -2.12. The van der Waals surface area contributed by atoms with Crippen molar-refractivity contribution in [3.05, 3.63) is 12.2 Å². The fraction of sp³-hybridized carbons (Fsp3) is 0.800. The summed E-state index contributed by atoms with van der Waals surface area (Å²) in [6.45, 7) is 3.21. The van der Waals surface area contributed by atoms with Gasteiger partial charge in [-0.2, -0.15) is 0 Å². The van der Waals surface area contributed by atoms with Gasteiger partial charge in [0.15, 0.2) is 0 Å². The Hall–Kier alpha value is -0.290. The number of Topliss-reactive ketones (excluding diaryl/α,β-unsaturated/α-hetero) is 1. The van der Waals surface area contributed by atoms with Crippen LogP contribution in [0, 0.1) is 0 Å². The summed E-state index contributed by atoms with van der Waals surface area (Å²) < 4.78 is 34.1. The van der Waals surface area contributed by atoms with Crippen molar-refractivity contribution in [2.45, 2.75) is 64.4 Å². The first kappa shape index (κ1) is 29.7. The molecule has 1 unspecified atom stereocenters. The van der Waals surface area contributed by atoms with E-state index in [1.807, 2.05) is 6.08 Å². The van der Waals surface area contributed by atoms with Gasteiger partial charge in [0.1, 0.15) is 32.3 Å². The first-order chi connectivity index (χ1) is 13.8. The zero-order chi connectivity index (χ0) is 21.7. The number of hydrogen-bond donors (Lipinski definition) is 2. The first-order valence-corrected chi connectivity index (χ1v) is 12.1. The molecule has 8 nitrogen and oxygen atoms in total. The van der Waals surface area contributed by atoms with Gasteiger partial charge in [-0.1, -0.05) is 44.8 Å². The van der Waals surface area contributed by atoms with Gasteiger partial charge in [0.05, 0.1) is 22.5 Å². The molecule has 0 aromatic heterocycles. The van der Waals surface area contributed by atoms with Crippen molar-refractivity contribution in [1.29, 1.82) is 0 Å². The van der Waals surface area contributed by atoms with E-state index in [2.05, 4.69) is 13.0 Å². The van der Waals surface area contributed by atoms with E-state index in [9.17, 15) is 28.0 Å².